The minimum Gasteiger partial charge on any atom is -0.466 e. The van der Waals surface area contributed by atoms with Gasteiger partial charge in [0.25, 0.3) is 0 Å². The molecule has 1 aromatic heterocycles. The van der Waals surface area contributed by atoms with Crippen LogP contribution >= 0.6 is 0 Å². The van der Waals surface area contributed by atoms with Crippen LogP contribution in [0, 0.1) is 0 Å². The highest BCUT2D eigenvalue weighted by molar-refractivity contribution is 5.95. The summed E-state index contributed by atoms with van der Waals surface area (Å²) in [6, 6.07) is 9.46. The summed E-state index contributed by atoms with van der Waals surface area (Å²) >= 11 is 0. The molecule has 1 unspecified atom stereocenters. The van der Waals surface area contributed by atoms with E-state index < -0.39 is 5.97 Å². The number of rotatable bonds is 8. The molecule has 1 aliphatic rings. The van der Waals surface area contributed by atoms with Crippen molar-refractivity contribution in [2.75, 3.05) is 13.2 Å². The lowest BCUT2D eigenvalue weighted by Crippen LogP contribution is -2.31. The Morgan fingerprint density at radius 2 is 1.87 bits per heavy atom. The van der Waals surface area contributed by atoms with Gasteiger partial charge in [-0.1, -0.05) is 31.2 Å². The van der Waals surface area contributed by atoms with Gasteiger partial charge in [0.15, 0.2) is 0 Å². The van der Waals surface area contributed by atoms with Crippen molar-refractivity contribution in [1.82, 2.24) is 9.88 Å². The lowest BCUT2D eigenvalue weighted by Gasteiger charge is -2.24. The van der Waals surface area contributed by atoms with E-state index in [0.29, 0.717) is 31.6 Å². The monoisotopic (exact) mass is 424 g/mol. The van der Waals surface area contributed by atoms with E-state index in [1.165, 1.54) is 0 Å². The smallest absolute Gasteiger partial charge is 0.333 e. The third kappa shape index (κ3) is 5.10. The Labute approximate surface area is 182 Å². The lowest BCUT2D eigenvalue weighted by atomic mass is 10.0. The summed E-state index contributed by atoms with van der Waals surface area (Å²) in [5.41, 5.74) is 3.15. The summed E-state index contributed by atoms with van der Waals surface area (Å²) in [6.07, 6.45) is 2.44. The fourth-order valence-corrected chi connectivity index (χ4v) is 3.82. The van der Waals surface area contributed by atoms with Crippen molar-refractivity contribution in [2.24, 2.45) is 0 Å². The van der Waals surface area contributed by atoms with Gasteiger partial charge >= 0.3 is 11.9 Å². The number of amides is 1. The van der Waals surface area contributed by atoms with Crippen molar-refractivity contribution in [1.29, 1.82) is 0 Å². The van der Waals surface area contributed by atoms with Gasteiger partial charge in [-0.15, -0.1) is 0 Å². The zero-order valence-corrected chi connectivity index (χ0v) is 18.2. The molecule has 1 amide bonds. The Hall–Kier alpha value is -3.22. The molecule has 0 saturated heterocycles. The van der Waals surface area contributed by atoms with Crippen LogP contribution in [-0.2, 0) is 30.4 Å². The normalized spacial score (nSPS) is 15.6. The quantitative estimate of drug-likeness (QED) is 0.363. The van der Waals surface area contributed by atoms with Crippen LogP contribution in [0.25, 0.3) is 10.9 Å². The van der Waals surface area contributed by atoms with Crippen LogP contribution < -0.4 is 0 Å². The molecule has 2 aromatic rings. The molecule has 31 heavy (non-hydrogen) atoms. The van der Waals surface area contributed by atoms with Gasteiger partial charge in [-0.25, -0.2) is 4.79 Å². The molecule has 7 nitrogen and oxygen atoms in total. The third-order valence-corrected chi connectivity index (χ3v) is 5.30. The van der Waals surface area contributed by atoms with E-state index in [1.807, 2.05) is 43.3 Å². The second-order valence-corrected chi connectivity index (χ2v) is 7.28. The standard InChI is InChI=1S/C24H28N2O5/c1-4-16(24(29)31-6-3)11-12-20-23-18(13-17-9-7-8-10-19(17)25-23)15-26(20)21(27)14-22(28)30-5-2/h7-11,13,20H,4-6,12,14-15H2,1-3H3/b16-11-. The summed E-state index contributed by atoms with van der Waals surface area (Å²) in [5, 5.41) is 0.996. The average Bonchev–Trinajstić information content (AvgIpc) is 3.10. The number of carbonyl (C=O) groups excluding carboxylic acids is 3. The first-order valence-electron chi connectivity index (χ1n) is 10.7. The lowest BCUT2D eigenvalue weighted by molar-refractivity contribution is -0.149. The number of hydrogen-bond donors (Lipinski definition) is 0. The molecular formula is C24H28N2O5. The second-order valence-electron chi connectivity index (χ2n) is 7.28. The molecule has 0 saturated carbocycles. The molecule has 2 heterocycles. The molecule has 0 N–H and O–H groups in total. The van der Waals surface area contributed by atoms with Crippen LogP contribution in [0.3, 0.4) is 0 Å². The Bertz CT molecular complexity index is 1010. The van der Waals surface area contributed by atoms with Crippen LogP contribution in [0.15, 0.2) is 42.0 Å². The Kier molecular flexibility index (Phi) is 7.39. The van der Waals surface area contributed by atoms with Crippen molar-refractivity contribution in [2.45, 2.75) is 52.6 Å². The zero-order chi connectivity index (χ0) is 22.4. The van der Waals surface area contributed by atoms with Crippen molar-refractivity contribution in [3.8, 4) is 0 Å². The summed E-state index contributed by atoms with van der Waals surface area (Å²) in [5.74, 6) is -1.20. The van der Waals surface area contributed by atoms with E-state index in [1.54, 1.807) is 18.7 Å². The Balaban J connectivity index is 1.94. The molecule has 0 fully saturated rings. The minimum atomic E-state index is -0.545. The van der Waals surface area contributed by atoms with Crippen LogP contribution in [0.4, 0.5) is 0 Å². The highest BCUT2D eigenvalue weighted by Crippen LogP contribution is 2.37. The van der Waals surface area contributed by atoms with Crippen LogP contribution in [0.5, 0.6) is 0 Å². The van der Waals surface area contributed by atoms with Crippen LogP contribution in [0.1, 0.15) is 57.3 Å². The number of para-hydroxylation sites is 1. The van der Waals surface area contributed by atoms with Gasteiger partial charge in [0.1, 0.15) is 6.42 Å². The molecular weight excluding hydrogens is 396 g/mol. The summed E-state index contributed by atoms with van der Waals surface area (Å²) in [7, 11) is 0. The van der Waals surface area contributed by atoms with Crippen LogP contribution in [-0.4, -0.2) is 40.9 Å². The van der Waals surface area contributed by atoms with Gasteiger partial charge in [-0.2, -0.15) is 0 Å². The van der Waals surface area contributed by atoms with Gasteiger partial charge in [0.2, 0.25) is 5.91 Å². The van der Waals surface area contributed by atoms with Crippen molar-refractivity contribution >= 4 is 28.7 Å². The van der Waals surface area contributed by atoms with Gasteiger partial charge in [0.05, 0.1) is 30.5 Å². The molecule has 1 aliphatic heterocycles. The average molecular weight is 424 g/mol. The molecule has 3 rings (SSSR count). The fraction of sp³-hybridized carbons (Fsp3) is 0.417. The van der Waals surface area contributed by atoms with E-state index in [4.69, 9.17) is 14.5 Å². The summed E-state index contributed by atoms with van der Waals surface area (Å²) in [6.45, 7) is 6.26. The number of fused-ring (bicyclic) bond motifs is 2. The molecule has 1 atom stereocenters. The van der Waals surface area contributed by atoms with E-state index in [2.05, 4.69) is 0 Å². The van der Waals surface area contributed by atoms with Crippen molar-refractivity contribution in [3.63, 3.8) is 0 Å². The minimum absolute atomic E-state index is 0.227. The first-order valence-corrected chi connectivity index (χ1v) is 10.7. The predicted octanol–water partition coefficient (Wildman–Crippen LogP) is 3.86. The number of nitrogens with zero attached hydrogens (tertiary/aromatic N) is 2. The predicted molar refractivity (Wildman–Crippen MR) is 116 cm³/mol. The maximum absolute atomic E-state index is 12.9. The Morgan fingerprint density at radius 1 is 1.13 bits per heavy atom. The maximum Gasteiger partial charge on any atom is 0.333 e. The van der Waals surface area contributed by atoms with Crippen molar-refractivity contribution < 1.29 is 23.9 Å². The molecule has 0 spiro atoms. The highest BCUT2D eigenvalue weighted by Gasteiger charge is 2.35. The number of pyridine rings is 1. The number of carbonyl (C=O) groups is 3. The van der Waals surface area contributed by atoms with Gasteiger partial charge in [0, 0.05) is 17.5 Å². The van der Waals surface area contributed by atoms with E-state index in [0.717, 1.165) is 22.2 Å². The van der Waals surface area contributed by atoms with E-state index in [9.17, 15) is 14.4 Å². The summed E-state index contributed by atoms with van der Waals surface area (Å²) in [4.78, 5) is 43.5. The molecule has 0 bridgehead atoms. The van der Waals surface area contributed by atoms with Gasteiger partial charge in [-0.3, -0.25) is 14.6 Å². The largest absolute Gasteiger partial charge is 0.466 e. The fourth-order valence-electron chi connectivity index (χ4n) is 3.82. The van der Waals surface area contributed by atoms with E-state index >= 15 is 0 Å². The number of aromatic nitrogens is 1. The van der Waals surface area contributed by atoms with Crippen molar-refractivity contribution in [3.05, 3.63) is 53.2 Å². The van der Waals surface area contributed by atoms with Gasteiger partial charge < -0.3 is 14.4 Å². The first kappa shape index (κ1) is 22.5. The molecule has 164 valence electrons. The SMILES string of the molecule is CCOC(=O)CC(=O)N1Cc2cc3ccccc3nc2C1C/C=C(/CC)C(=O)OCC. The molecule has 0 radical (unpaired) electrons. The zero-order valence-electron chi connectivity index (χ0n) is 18.2. The third-order valence-electron chi connectivity index (χ3n) is 5.30. The molecule has 7 heteroatoms. The molecule has 1 aromatic carbocycles. The number of hydrogen-bond acceptors (Lipinski definition) is 6. The van der Waals surface area contributed by atoms with Crippen LogP contribution in [0.2, 0.25) is 0 Å². The number of ether oxygens (including phenoxy) is 2. The first-order chi connectivity index (χ1) is 15.0. The maximum atomic E-state index is 12.9. The van der Waals surface area contributed by atoms with Gasteiger partial charge in [-0.05, 0) is 44.4 Å². The second kappa shape index (κ2) is 10.2. The number of benzene rings is 1. The topological polar surface area (TPSA) is 85.8 Å². The highest BCUT2D eigenvalue weighted by atomic mass is 16.5. The van der Waals surface area contributed by atoms with E-state index in [-0.39, 0.29) is 30.9 Å². The summed E-state index contributed by atoms with van der Waals surface area (Å²) < 4.78 is 10.1. The number of esters is 2. The molecule has 0 aliphatic carbocycles. The Morgan fingerprint density at radius 3 is 2.58 bits per heavy atom.